The second-order valence-corrected chi connectivity index (χ2v) is 15.4. The van der Waals surface area contributed by atoms with Gasteiger partial charge in [0, 0.05) is 67.9 Å². The Kier molecular flexibility index (Phi) is 8.59. The number of aliphatic hydroxyl groups excluding tert-OH is 1. The maximum absolute atomic E-state index is 14.9. The van der Waals surface area contributed by atoms with Gasteiger partial charge in [0.1, 0.15) is 17.3 Å². The highest BCUT2D eigenvalue weighted by molar-refractivity contribution is 6.30. The number of nitrogens with zero attached hydrogens (tertiary/aromatic N) is 2. The van der Waals surface area contributed by atoms with Gasteiger partial charge in [0.2, 0.25) is 5.91 Å². The average Bonchev–Trinajstić information content (AvgIpc) is 3.21. The van der Waals surface area contributed by atoms with Gasteiger partial charge >= 0.3 is 12.1 Å². The molecule has 4 unspecified atom stereocenters. The molecule has 3 heterocycles. The topological polar surface area (TPSA) is 96.9 Å². The maximum Gasteiger partial charge on any atom is 0.471 e. The SMILES string of the molecule is CC(C)(C)C[C@H]1N[C@@H](C(O)NCCN2CCN(C(=O)C(F)(F)F)CC2)[C@H](c2cccc(Cl)c2)[C@@]12C(=O)NC1=CC3(Cl)C(F)C3C=C12. The zero-order valence-corrected chi connectivity index (χ0v) is 27.3. The molecular weight excluding hydrogens is 649 g/mol. The molecule has 4 N–H and O–H groups in total. The highest BCUT2D eigenvalue weighted by Gasteiger charge is 2.71. The number of nitrogens with one attached hydrogen (secondary N) is 3. The van der Waals surface area contributed by atoms with Gasteiger partial charge in [-0.1, -0.05) is 50.6 Å². The molecule has 0 radical (unpaired) electrons. The predicted octanol–water partition coefficient (Wildman–Crippen LogP) is 3.70. The van der Waals surface area contributed by atoms with Crippen LogP contribution in [0.5, 0.6) is 0 Å². The minimum atomic E-state index is -4.90. The smallest absolute Gasteiger partial charge is 0.377 e. The Morgan fingerprint density at radius 1 is 1.20 bits per heavy atom. The first kappa shape index (κ1) is 33.7. The molecule has 0 bridgehead atoms. The Balaban J connectivity index is 1.27. The fourth-order valence-electron chi connectivity index (χ4n) is 7.87. The fraction of sp³-hybridized carbons (Fsp3) is 0.625. The summed E-state index contributed by atoms with van der Waals surface area (Å²) in [5.74, 6) is -3.27. The summed E-state index contributed by atoms with van der Waals surface area (Å²) in [6.45, 7) is 7.40. The lowest BCUT2D eigenvalue weighted by Gasteiger charge is -2.39. The van der Waals surface area contributed by atoms with Crippen molar-refractivity contribution in [2.24, 2.45) is 16.7 Å². The Labute approximate surface area is 275 Å². The molecule has 5 aliphatic rings. The Morgan fingerprint density at radius 2 is 1.89 bits per heavy atom. The number of benzene rings is 1. The molecule has 8 atom stereocenters. The molecule has 8 nitrogen and oxygen atoms in total. The summed E-state index contributed by atoms with van der Waals surface area (Å²) in [5.41, 5.74) is 0.466. The van der Waals surface area contributed by atoms with Gasteiger partial charge in [-0.05, 0) is 41.2 Å². The van der Waals surface area contributed by atoms with Crippen molar-refractivity contribution in [2.75, 3.05) is 39.3 Å². The van der Waals surface area contributed by atoms with Gasteiger partial charge < -0.3 is 20.6 Å². The van der Waals surface area contributed by atoms with Gasteiger partial charge in [0.25, 0.3) is 0 Å². The van der Waals surface area contributed by atoms with E-state index < -0.39 is 58.7 Å². The van der Waals surface area contributed by atoms with Crippen LogP contribution in [-0.4, -0.2) is 102 Å². The molecule has 4 fully saturated rings. The Bertz CT molecular complexity index is 1460. The van der Waals surface area contributed by atoms with E-state index in [1.54, 1.807) is 30.4 Å². The van der Waals surface area contributed by atoms with Crippen molar-refractivity contribution in [3.63, 3.8) is 0 Å². The number of carbonyl (C=O) groups excluding carboxylic acids is 2. The number of hydrogen-bond acceptors (Lipinski definition) is 6. The van der Waals surface area contributed by atoms with Gasteiger partial charge in [0.05, 0.1) is 11.5 Å². The van der Waals surface area contributed by atoms with E-state index in [-0.39, 0.29) is 37.5 Å². The van der Waals surface area contributed by atoms with Crippen molar-refractivity contribution in [1.29, 1.82) is 0 Å². The normalized spacial score (nSPS) is 35.0. The molecule has 3 saturated heterocycles. The van der Waals surface area contributed by atoms with Crippen LogP contribution in [0.15, 0.2) is 47.7 Å². The Hall–Kier alpha value is -2.22. The molecule has 1 saturated carbocycles. The van der Waals surface area contributed by atoms with E-state index in [2.05, 4.69) is 36.7 Å². The molecule has 6 rings (SSSR count). The molecule has 2 aliphatic carbocycles. The predicted molar refractivity (Wildman–Crippen MR) is 166 cm³/mol. The zero-order valence-electron chi connectivity index (χ0n) is 25.8. The van der Waals surface area contributed by atoms with E-state index in [9.17, 15) is 32.3 Å². The molecule has 3 aliphatic heterocycles. The number of hydrogen-bond donors (Lipinski definition) is 4. The van der Waals surface area contributed by atoms with E-state index in [1.165, 1.54) is 0 Å². The van der Waals surface area contributed by atoms with Crippen LogP contribution < -0.4 is 16.0 Å². The molecule has 46 heavy (non-hydrogen) atoms. The van der Waals surface area contributed by atoms with E-state index in [1.807, 2.05) is 11.0 Å². The standard InChI is InChI=1S/C32H39Cl2F4N5O3/c1-29(2,3)16-22-31(19-14-20-25(35)30(20,34)15-21(19)40-27(31)45)23(17-5-4-6-18(33)13-17)24(41-22)26(44)39-7-8-42-9-11-43(12-10-42)28(46)32(36,37)38/h4-6,13-15,20,22-26,39,41,44H,7-12,16H2,1-3H3,(H,40,45)/t20?,22-,23+,24-,25?,26?,30?,31+/m1/s1. The van der Waals surface area contributed by atoms with Crippen molar-refractivity contribution in [1.82, 2.24) is 25.8 Å². The lowest BCUT2D eigenvalue weighted by molar-refractivity contribution is -0.187. The van der Waals surface area contributed by atoms with Gasteiger partial charge in [-0.2, -0.15) is 13.2 Å². The second kappa shape index (κ2) is 11.7. The number of fused-ring (bicyclic) bond motifs is 3. The second-order valence-electron chi connectivity index (χ2n) is 14.3. The molecule has 2 amide bonds. The number of alkyl halides is 5. The van der Waals surface area contributed by atoms with Crippen LogP contribution in [0, 0.1) is 16.7 Å². The summed E-state index contributed by atoms with van der Waals surface area (Å²) in [6, 6.07) is 6.06. The minimum Gasteiger partial charge on any atom is -0.377 e. The summed E-state index contributed by atoms with van der Waals surface area (Å²) in [5, 5.41) is 22.0. The molecule has 252 valence electrons. The summed E-state index contributed by atoms with van der Waals surface area (Å²) in [4.78, 5) is 27.5. The van der Waals surface area contributed by atoms with E-state index in [4.69, 9.17) is 23.2 Å². The number of piperazine rings is 1. The minimum absolute atomic E-state index is 0.0384. The van der Waals surface area contributed by atoms with E-state index in [0.29, 0.717) is 35.8 Å². The summed E-state index contributed by atoms with van der Waals surface area (Å²) in [6.07, 6.45) is -3.34. The van der Waals surface area contributed by atoms with Crippen LogP contribution in [-0.2, 0) is 9.59 Å². The lowest BCUT2D eigenvalue weighted by Crippen LogP contribution is -2.54. The molecule has 1 spiro atoms. The largest absolute Gasteiger partial charge is 0.471 e. The van der Waals surface area contributed by atoms with E-state index in [0.717, 1.165) is 10.5 Å². The van der Waals surface area contributed by atoms with Crippen molar-refractivity contribution >= 4 is 35.0 Å². The third kappa shape index (κ3) is 5.77. The first-order valence-electron chi connectivity index (χ1n) is 15.6. The van der Waals surface area contributed by atoms with Crippen LogP contribution in [0.2, 0.25) is 5.02 Å². The lowest BCUT2D eigenvalue weighted by atomic mass is 9.61. The fourth-order valence-corrected chi connectivity index (χ4v) is 8.42. The van der Waals surface area contributed by atoms with Gasteiger partial charge in [-0.25, -0.2) is 4.39 Å². The zero-order chi connectivity index (χ0) is 33.4. The highest BCUT2D eigenvalue weighted by atomic mass is 35.5. The number of halogens is 6. The van der Waals surface area contributed by atoms with Crippen LogP contribution in [0.1, 0.15) is 38.7 Å². The van der Waals surface area contributed by atoms with Crippen molar-refractivity contribution in [2.45, 2.75) is 68.6 Å². The van der Waals surface area contributed by atoms with Crippen LogP contribution in [0.25, 0.3) is 0 Å². The Morgan fingerprint density at radius 3 is 2.52 bits per heavy atom. The molecule has 14 heteroatoms. The monoisotopic (exact) mass is 687 g/mol. The first-order valence-corrected chi connectivity index (χ1v) is 16.3. The average molecular weight is 689 g/mol. The molecule has 1 aromatic rings. The van der Waals surface area contributed by atoms with Crippen LogP contribution in [0.3, 0.4) is 0 Å². The van der Waals surface area contributed by atoms with Gasteiger partial charge in [0.15, 0.2) is 0 Å². The third-order valence-electron chi connectivity index (χ3n) is 10.1. The number of rotatable bonds is 7. The maximum atomic E-state index is 14.9. The van der Waals surface area contributed by atoms with Crippen molar-refractivity contribution in [3.8, 4) is 0 Å². The number of carbonyl (C=O) groups is 2. The van der Waals surface area contributed by atoms with E-state index >= 15 is 0 Å². The van der Waals surface area contributed by atoms with Crippen LogP contribution >= 0.6 is 23.2 Å². The third-order valence-corrected chi connectivity index (χ3v) is 10.9. The summed E-state index contributed by atoms with van der Waals surface area (Å²) < 4.78 is 53.4. The number of allylic oxidation sites excluding steroid dienone is 3. The molecule has 0 aromatic heterocycles. The summed E-state index contributed by atoms with van der Waals surface area (Å²) >= 11 is 13.0. The summed E-state index contributed by atoms with van der Waals surface area (Å²) in [7, 11) is 0. The van der Waals surface area contributed by atoms with Gasteiger partial charge in [-0.15, -0.1) is 11.6 Å². The molecule has 1 aromatic carbocycles. The van der Waals surface area contributed by atoms with Crippen LogP contribution in [0.4, 0.5) is 17.6 Å². The molecular formula is C32H39Cl2F4N5O3. The van der Waals surface area contributed by atoms with Crippen molar-refractivity contribution < 1.29 is 32.3 Å². The number of amides is 2. The van der Waals surface area contributed by atoms with Gasteiger partial charge in [-0.3, -0.25) is 19.8 Å². The number of aliphatic hydroxyl groups is 1. The first-order chi connectivity index (χ1) is 21.5. The quantitative estimate of drug-likeness (QED) is 0.199. The highest BCUT2D eigenvalue weighted by Crippen LogP contribution is 2.65. The van der Waals surface area contributed by atoms with Crippen molar-refractivity contribution in [3.05, 3.63) is 58.3 Å².